The van der Waals surface area contributed by atoms with E-state index in [0.717, 1.165) is 5.56 Å². The second kappa shape index (κ2) is 10.6. The molecule has 3 amide bonds. The molecule has 2 aliphatic heterocycles. The van der Waals surface area contributed by atoms with Gasteiger partial charge in [0.1, 0.15) is 16.9 Å². The lowest BCUT2D eigenvalue weighted by atomic mass is 9.59. The fourth-order valence-electron chi connectivity index (χ4n) is 6.04. The Kier molecular flexibility index (Phi) is 6.90. The van der Waals surface area contributed by atoms with Crippen LogP contribution in [0.5, 0.6) is 11.5 Å². The molecule has 4 N–H and O–H groups in total. The molecule has 0 bridgehead atoms. The van der Waals surface area contributed by atoms with Crippen LogP contribution in [0.4, 0.5) is 5.69 Å². The lowest BCUT2D eigenvalue weighted by Crippen LogP contribution is -2.56. The van der Waals surface area contributed by atoms with E-state index in [-0.39, 0.29) is 18.2 Å². The number of fused-ring (bicyclic) bond motifs is 2. The minimum absolute atomic E-state index is 0.0337. The number of hydrogen-bond donors (Lipinski definition) is 3. The van der Waals surface area contributed by atoms with Gasteiger partial charge < -0.3 is 21.1 Å². The number of piperidine rings is 1. The van der Waals surface area contributed by atoms with Crippen LogP contribution in [0, 0.1) is 12.3 Å². The molecule has 1 spiro atoms. The first-order chi connectivity index (χ1) is 20.2. The lowest BCUT2D eigenvalue weighted by molar-refractivity contribution is -0.131. The molecule has 7 nitrogen and oxygen atoms in total. The lowest BCUT2D eigenvalue weighted by Gasteiger charge is -2.46. The highest BCUT2D eigenvalue weighted by Gasteiger charge is 2.61. The highest BCUT2D eigenvalue weighted by molar-refractivity contribution is 6.31. The van der Waals surface area contributed by atoms with Gasteiger partial charge in [0.2, 0.25) is 17.7 Å². The van der Waals surface area contributed by atoms with Gasteiger partial charge in [0.05, 0.1) is 6.04 Å². The van der Waals surface area contributed by atoms with Crippen LogP contribution in [0.3, 0.4) is 0 Å². The quantitative estimate of drug-likeness (QED) is 0.242. The molecule has 3 atom stereocenters. The predicted molar refractivity (Wildman–Crippen MR) is 161 cm³/mol. The predicted octanol–water partition coefficient (Wildman–Crippen LogP) is 6.10. The molecule has 0 unspecified atom stereocenters. The van der Waals surface area contributed by atoms with E-state index >= 15 is 0 Å². The Hall–Kier alpha value is -4.77. The van der Waals surface area contributed by atoms with E-state index < -0.39 is 23.3 Å². The highest BCUT2D eigenvalue weighted by atomic mass is 35.5. The number of ether oxygens (including phenoxy) is 1. The number of anilines is 1. The molecule has 0 saturated carbocycles. The number of amides is 3. The molecule has 4 aromatic carbocycles. The van der Waals surface area contributed by atoms with Crippen molar-refractivity contribution in [2.75, 3.05) is 5.32 Å². The van der Waals surface area contributed by atoms with Crippen molar-refractivity contribution in [3.8, 4) is 23.8 Å². The molecular weight excluding hydrogens is 573 g/mol. The molecular formula is C33H23Cl2N3O4. The second-order valence-corrected chi connectivity index (χ2v) is 11.1. The van der Waals surface area contributed by atoms with Gasteiger partial charge in [-0.25, -0.2) is 0 Å². The summed E-state index contributed by atoms with van der Waals surface area (Å²) in [5, 5.41) is 7.04. The molecule has 42 heavy (non-hydrogen) atoms. The summed E-state index contributed by atoms with van der Waals surface area (Å²) >= 11 is 12.7. The van der Waals surface area contributed by atoms with Crippen molar-refractivity contribution in [3.05, 3.63) is 123 Å². The maximum Gasteiger partial charge on any atom is 0.248 e. The van der Waals surface area contributed by atoms with E-state index in [9.17, 15) is 14.4 Å². The molecule has 9 heteroatoms. The van der Waals surface area contributed by atoms with E-state index in [2.05, 4.69) is 16.6 Å². The Morgan fingerprint density at radius 2 is 1.74 bits per heavy atom. The van der Waals surface area contributed by atoms with E-state index in [1.807, 2.05) is 12.1 Å². The smallest absolute Gasteiger partial charge is 0.248 e. The maximum atomic E-state index is 14.3. The van der Waals surface area contributed by atoms with Crippen LogP contribution in [0.15, 0.2) is 84.9 Å². The number of terminal acetylenes is 1. The van der Waals surface area contributed by atoms with Gasteiger partial charge in [0, 0.05) is 44.8 Å². The van der Waals surface area contributed by atoms with Crippen molar-refractivity contribution < 1.29 is 19.1 Å². The maximum absolute atomic E-state index is 14.3. The molecule has 6 rings (SSSR count). The van der Waals surface area contributed by atoms with Gasteiger partial charge in [-0.15, -0.1) is 6.42 Å². The first-order valence-corrected chi connectivity index (χ1v) is 13.8. The average molecular weight is 596 g/mol. The fourth-order valence-corrected chi connectivity index (χ4v) is 6.41. The molecule has 0 radical (unpaired) electrons. The SMILES string of the molecule is C#Cc1ccc(Oc2ccc(C(N)=O)cc2)c([C@@H]2NC(=O)C[C@H](c3cccc(Cl)c3)[C@@]23C(=O)Nc2cc(Cl)ccc23)c1. The number of hydrogen-bond acceptors (Lipinski definition) is 4. The topological polar surface area (TPSA) is 111 Å². The van der Waals surface area contributed by atoms with Gasteiger partial charge in [-0.1, -0.05) is 47.3 Å². The molecule has 1 saturated heterocycles. The number of benzene rings is 4. The van der Waals surface area contributed by atoms with Crippen molar-refractivity contribution in [1.82, 2.24) is 5.32 Å². The van der Waals surface area contributed by atoms with Gasteiger partial charge in [0.25, 0.3) is 0 Å². The standard InChI is InChI=1S/C33H23Cl2N3O4/c1-2-18-6-13-28(42-23-10-7-19(8-11-23)31(36)40)24(14-18)30-33(25-12-9-22(35)16-27(25)37-32(33)41)26(17-29(39)38-30)20-4-3-5-21(34)15-20/h1,3-16,26,30H,17H2,(H2,36,40)(H,37,41)(H,38,39)/t26-,30+,33-/m1/s1. The summed E-state index contributed by atoms with van der Waals surface area (Å²) in [6, 6.07) is 23.0. The summed E-state index contributed by atoms with van der Waals surface area (Å²) in [6.07, 6.45) is 5.83. The molecule has 0 aromatic heterocycles. The molecule has 2 aliphatic rings. The number of nitrogens with one attached hydrogen (secondary N) is 2. The van der Waals surface area contributed by atoms with Crippen molar-refractivity contribution in [3.63, 3.8) is 0 Å². The molecule has 0 aliphatic carbocycles. The number of halogens is 2. The summed E-state index contributed by atoms with van der Waals surface area (Å²) < 4.78 is 6.29. The third-order valence-corrected chi connectivity index (χ3v) is 8.33. The van der Waals surface area contributed by atoms with Gasteiger partial charge in [-0.05, 0) is 77.9 Å². The monoisotopic (exact) mass is 595 g/mol. The molecule has 2 heterocycles. The van der Waals surface area contributed by atoms with Crippen LogP contribution in [-0.4, -0.2) is 17.7 Å². The first-order valence-electron chi connectivity index (χ1n) is 13.0. The number of rotatable bonds is 5. The Morgan fingerprint density at radius 3 is 2.45 bits per heavy atom. The molecule has 208 valence electrons. The van der Waals surface area contributed by atoms with Crippen LogP contribution < -0.4 is 21.1 Å². The highest BCUT2D eigenvalue weighted by Crippen LogP contribution is 2.58. The summed E-state index contributed by atoms with van der Waals surface area (Å²) in [5.74, 6) is 1.70. The minimum atomic E-state index is -1.32. The molecule has 1 fully saturated rings. The molecule has 4 aromatic rings. The van der Waals surface area contributed by atoms with Crippen molar-refractivity contribution in [2.24, 2.45) is 5.73 Å². The zero-order valence-electron chi connectivity index (χ0n) is 22.0. The third kappa shape index (κ3) is 4.55. The van der Waals surface area contributed by atoms with Crippen LogP contribution in [0.2, 0.25) is 10.0 Å². The van der Waals surface area contributed by atoms with Crippen molar-refractivity contribution in [2.45, 2.75) is 23.8 Å². The Morgan fingerprint density at radius 1 is 0.976 bits per heavy atom. The average Bonchev–Trinajstić information content (AvgIpc) is 3.25. The number of carbonyl (C=O) groups is 3. The zero-order valence-corrected chi connectivity index (χ0v) is 23.5. The van der Waals surface area contributed by atoms with Crippen LogP contribution in [0.25, 0.3) is 0 Å². The van der Waals surface area contributed by atoms with Crippen molar-refractivity contribution >= 4 is 46.6 Å². The number of carbonyl (C=O) groups excluding carboxylic acids is 3. The van der Waals surface area contributed by atoms with Gasteiger partial charge in [0.15, 0.2) is 0 Å². The zero-order chi connectivity index (χ0) is 29.6. The van der Waals surface area contributed by atoms with Crippen molar-refractivity contribution in [1.29, 1.82) is 0 Å². The largest absolute Gasteiger partial charge is 0.457 e. The first kappa shape index (κ1) is 27.4. The summed E-state index contributed by atoms with van der Waals surface area (Å²) in [7, 11) is 0. The summed E-state index contributed by atoms with van der Waals surface area (Å²) in [4.78, 5) is 39.3. The number of primary amides is 1. The van der Waals surface area contributed by atoms with Crippen LogP contribution in [-0.2, 0) is 15.0 Å². The second-order valence-electron chi connectivity index (χ2n) is 10.2. The summed E-state index contributed by atoms with van der Waals surface area (Å²) in [5.41, 5.74) is 7.39. The summed E-state index contributed by atoms with van der Waals surface area (Å²) in [6.45, 7) is 0. The minimum Gasteiger partial charge on any atom is -0.457 e. The van der Waals surface area contributed by atoms with E-state index in [4.69, 9.17) is 40.1 Å². The normalized spacial score (nSPS) is 20.8. The Balaban J connectivity index is 1.58. The van der Waals surface area contributed by atoms with E-state index in [1.165, 1.54) is 0 Å². The van der Waals surface area contributed by atoms with Crippen LogP contribution in [0.1, 0.15) is 51.0 Å². The number of nitrogens with two attached hydrogens (primary N) is 1. The van der Waals surface area contributed by atoms with Gasteiger partial charge >= 0.3 is 0 Å². The fraction of sp³-hybridized carbons (Fsp3) is 0.121. The van der Waals surface area contributed by atoms with E-state index in [0.29, 0.717) is 49.5 Å². The van der Waals surface area contributed by atoms with Gasteiger partial charge in [-0.2, -0.15) is 0 Å². The van der Waals surface area contributed by atoms with Crippen LogP contribution >= 0.6 is 23.2 Å². The van der Waals surface area contributed by atoms with E-state index in [1.54, 1.807) is 72.8 Å². The third-order valence-electron chi connectivity index (χ3n) is 7.86. The van der Waals surface area contributed by atoms with Gasteiger partial charge in [-0.3, -0.25) is 14.4 Å². The Bertz CT molecular complexity index is 1820. The Labute approximate surface area is 252 Å².